The maximum absolute atomic E-state index is 12.3. The highest BCUT2D eigenvalue weighted by Crippen LogP contribution is 2.14. The molecule has 3 aromatic rings. The Balaban J connectivity index is 1.46. The number of thiocarbonyl (C=S) groups is 1. The molecule has 3 aromatic carbocycles. The van der Waals surface area contributed by atoms with Crippen LogP contribution in [0.2, 0.25) is 5.02 Å². The zero-order valence-corrected chi connectivity index (χ0v) is 17.3. The van der Waals surface area contributed by atoms with Crippen molar-refractivity contribution in [3.63, 3.8) is 0 Å². The number of benzene rings is 3. The van der Waals surface area contributed by atoms with E-state index in [1.54, 1.807) is 48.5 Å². The molecule has 0 fully saturated rings. The van der Waals surface area contributed by atoms with Crippen molar-refractivity contribution >= 4 is 40.7 Å². The molecule has 30 heavy (non-hydrogen) atoms. The highest BCUT2D eigenvalue weighted by atomic mass is 35.5. The summed E-state index contributed by atoms with van der Waals surface area (Å²) < 4.78 is 5.70. The molecule has 0 aromatic heterocycles. The molecule has 0 bridgehead atoms. The molecular weight excluding hydrogens is 422 g/mol. The number of ether oxygens (including phenoxy) is 1. The van der Waals surface area contributed by atoms with Gasteiger partial charge in [0.1, 0.15) is 12.4 Å². The molecule has 0 saturated heterocycles. The van der Waals surface area contributed by atoms with E-state index in [1.165, 1.54) is 0 Å². The second kappa shape index (κ2) is 10.4. The van der Waals surface area contributed by atoms with Crippen LogP contribution in [0.4, 0.5) is 0 Å². The van der Waals surface area contributed by atoms with Gasteiger partial charge < -0.3 is 4.74 Å². The van der Waals surface area contributed by atoms with E-state index in [2.05, 4.69) is 16.2 Å². The fourth-order valence-electron chi connectivity index (χ4n) is 2.44. The van der Waals surface area contributed by atoms with Crippen LogP contribution < -0.4 is 20.9 Å². The predicted molar refractivity (Wildman–Crippen MR) is 119 cm³/mol. The van der Waals surface area contributed by atoms with Crippen LogP contribution in [0, 0.1) is 0 Å². The van der Waals surface area contributed by atoms with Gasteiger partial charge in [-0.1, -0.05) is 41.9 Å². The minimum absolute atomic E-state index is 0.0354. The molecule has 0 saturated carbocycles. The van der Waals surface area contributed by atoms with E-state index < -0.39 is 11.8 Å². The van der Waals surface area contributed by atoms with Gasteiger partial charge in [-0.25, -0.2) is 0 Å². The number of carbonyl (C=O) groups excluding carboxylic acids is 2. The zero-order chi connectivity index (χ0) is 21.3. The third-order valence-corrected chi connectivity index (χ3v) is 4.44. The van der Waals surface area contributed by atoms with E-state index in [0.717, 1.165) is 5.56 Å². The lowest BCUT2D eigenvalue weighted by molar-refractivity contribution is 0.0934. The van der Waals surface area contributed by atoms with Crippen LogP contribution in [-0.2, 0) is 6.61 Å². The average molecular weight is 440 g/mol. The fraction of sp³-hybridized carbons (Fsp3) is 0.0455. The van der Waals surface area contributed by atoms with Gasteiger partial charge >= 0.3 is 0 Å². The van der Waals surface area contributed by atoms with Crippen molar-refractivity contribution in [3.05, 3.63) is 101 Å². The molecule has 152 valence electrons. The Kier molecular flexibility index (Phi) is 7.37. The van der Waals surface area contributed by atoms with Gasteiger partial charge in [-0.2, -0.15) is 0 Å². The number of hydrogen-bond acceptors (Lipinski definition) is 4. The molecule has 0 spiro atoms. The Morgan fingerprint density at radius 3 is 2.07 bits per heavy atom. The lowest BCUT2D eigenvalue weighted by Gasteiger charge is -2.11. The zero-order valence-electron chi connectivity index (χ0n) is 15.7. The summed E-state index contributed by atoms with van der Waals surface area (Å²) in [6.45, 7) is 0.438. The molecule has 0 heterocycles. The lowest BCUT2D eigenvalue weighted by Crippen LogP contribution is -2.48. The summed E-state index contributed by atoms with van der Waals surface area (Å²) in [5, 5.41) is 2.99. The largest absolute Gasteiger partial charge is 0.489 e. The second-order valence-corrected chi connectivity index (χ2v) is 7.01. The number of rotatable bonds is 5. The summed E-state index contributed by atoms with van der Waals surface area (Å²) in [6.07, 6.45) is 0. The number of carbonyl (C=O) groups is 2. The maximum atomic E-state index is 12.3. The second-order valence-electron chi connectivity index (χ2n) is 6.17. The van der Waals surface area contributed by atoms with Crippen LogP contribution in [0.1, 0.15) is 26.3 Å². The molecule has 0 radical (unpaired) electrons. The summed E-state index contributed by atoms with van der Waals surface area (Å²) in [5.41, 5.74) is 6.74. The van der Waals surface area contributed by atoms with Gasteiger partial charge in [0.15, 0.2) is 5.11 Å². The molecule has 0 unspecified atom stereocenters. The van der Waals surface area contributed by atoms with Gasteiger partial charge in [-0.3, -0.25) is 25.8 Å². The van der Waals surface area contributed by atoms with Gasteiger partial charge in [0, 0.05) is 16.1 Å². The maximum Gasteiger partial charge on any atom is 0.269 e. The molecule has 0 aliphatic heterocycles. The Hall–Kier alpha value is -3.42. The Bertz CT molecular complexity index is 1030. The van der Waals surface area contributed by atoms with Gasteiger partial charge in [0.25, 0.3) is 11.8 Å². The number of hydrogen-bond donors (Lipinski definition) is 3. The van der Waals surface area contributed by atoms with E-state index in [-0.39, 0.29) is 5.11 Å². The van der Waals surface area contributed by atoms with Gasteiger partial charge in [-0.05, 0) is 66.3 Å². The number of hydrazine groups is 1. The monoisotopic (exact) mass is 439 g/mol. The van der Waals surface area contributed by atoms with Crippen LogP contribution in [0.3, 0.4) is 0 Å². The summed E-state index contributed by atoms with van der Waals surface area (Å²) in [5.74, 6) is -0.183. The molecular formula is C22H18ClN3O3S. The number of nitrogens with one attached hydrogen (secondary N) is 3. The number of halogens is 1. The van der Waals surface area contributed by atoms with Crippen LogP contribution in [0.25, 0.3) is 0 Å². The highest BCUT2D eigenvalue weighted by molar-refractivity contribution is 7.80. The van der Waals surface area contributed by atoms with Gasteiger partial charge in [-0.15, -0.1) is 0 Å². The van der Waals surface area contributed by atoms with Crippen molar-refractivity contribution in [2.75, 3.05) is 0 Å². The summed E-state index contributed by atoms with van der Waals surface area (Å²) in [6, 6.07) is 22.8. The van der Waals surface area contributed by atoms with Crippen molar-refractivity contribution in [1.82, 2.24) is 16.2 Å². The molecule has 2 amide bonds. The third kappa shape index (κ3) is 6.30. The Morgan fingerprint density at radius 2 is 1.40 bits per heavy atom. The van der Waals surface area contributed by atoms with E-state index in [9.17, 15) is 9.59 Å². The first kappa shape index (κ1) is 21.3. The lowest BCUT2D eigenvalue weighted by atomic mass is 10.2. The summed E-state index contributed by atoms with van der Waals surface area (Å²) in [7, 11) is 0. The first-order valence-corrected chi connectivity index (χ1v) is 9.74. The van der Waals surface area contributed by atoms with Crippen molar-refractivity contribution in [3.8, 4) is 5.75 Å². The number of amides is 2. The van der Waals surface area contributed by atoms with Gasteiger partial charge in [0.05, 0.1) is 0 Å². The fourth-order valence-corrected chi connectivity index (χ4v) is 2.71. The van der Waals surface area contributed by atoms with Crippen molar-refractivity contribution < 1.29 is 14.3 Å². The molecule has 6 nitrogen and oxygen atoms in total. The molecule has 3 rings (SSSR count). The van der Waals surface area contributed by atoms with Crippen molar-refractivity contribution in [2.45, 2.75) is 6.61 Å². The van der Waals surface area contributed by atoms with Crippen LogP contribution in [0.5, 0.6) is 5.75 Å². The van der Waals surface area contributed by atoms with E-state index in [1.807, 2.05) is 30.3 Å². The van der Waals surface area contributed by atoms with E-state index in [0.29, 0.717) is 28.5 Å². The van der Waals surface area contributed by atoms with E-state index >= 15 is 0 Å². The van der Waals surface area contributed by atoms with Crippen LogP contribution in [0.15, 0.2) is 78.9 Å². The highest BCUT2D eigenvalue weighted by Gasteiger charge is 2.10. The Morgan fingerprint density at radius 1 is 0.800 bits per heavy atom. The normalized spacial score (nSPS) is 10.0. The predicted octanol–water partition coefficient (Wildman–Crippen LogP) is 3.87. The molecule has 8 heteroatoms. The minimum atomic E-state index is -0.414. The summed E-state index contributed by atoms with van der Waals surface area (Å²) in [4.78, 5) is 24.3. The van der Waals surface area contributed by atoms with Crippen LogP contribution >= 0.6 is 23.8 Å². The first-order valence-electron chi connectivity index (χ1n) is 8.95. The van der Waals surface area contributed by atoms with Crippen molar-refractivity contribution in [1.29, 1.82) is 0 Å². The first-order chi connectivity index (χ1) is 14.5. The molecule has 3 N–H and O–H groups in total. The molecule has 0 atom stereocenters. The van der Waals surface area contributed by atoms with Crippen LogP contribution in [-0.4, -0.2) is 16.9 Å². The average Bonchev–Trinajstić information content (AvgIpc) is 2.77. The summed E-state index contributed by atoms with van der Waals surface area (Å²) >= 11 is 10.8. The third-order valence-electron chi connectivity index (χ3n) is 3.99. The SMILES string of the molecule is O=C(NNC(=S)NC(=O)c1ccc(OCc2ccccc2)cc1)c1ccc(Cl)cc1. The van der Waals surface area contributed by atoms with Crippen molar-refractivity contribution in [2.24, 2.45) is 0 Å². The topological polar surface area (TPSA) is 79.5 Å². The standard InChI is InChI=1S/C22H18ClN3O3S/c23-18-10-6-17(7-11-18)21(28)25-26-22(30)24-20(27)16-8-12-19(13-9-16)29-14-15-4-2-1-3-5-15/h1-13H,14H2,(H,25,28)(H2,24,26,27,30). The smallest absolute Gasteiger partial charge is 0.269 e. The minimum Gasteiger partial charge on any atom is -0.489 e. The molecule has 0 aliphatic rings. The quantitative estimate of drug-likeness (QED) is 0.415. The molecule has 0 aliphatic carbocycles. The Labute approximate surface area is 184 Å². The van der Waals surface area contributed by atoms with Gasteiger partial charge in [0.2, 0.25) is 0 Å². The van der Waals surface area contributed by atoms with E-state index in [4.69, 9.17) is 28.6 Å².